The Morgan fingerprint density at radius 2 is 1.95 bits per heavy atom. The first-order valence-corrected chi connectivity index (χ1v) is 6.68. The molecule has 2 heterocycles. The molecule has 0 spiro atoms. The van der Waals surface area contributed by atoms with Gasteiger partial charge in [0.1, 0.15) is 5.82 Å². The number of nitrogens with zero attached hydrogens (tertiary/aromatic N) is 2. The lowest BCUT2D eigenvalue weighted by atomic mass is 10.2. The minimum atomic E-state index is -0.550. The van der Waals surface area contributed by atoms with Crippen LogP contribution < -0.4 is 10.6 Å². The van der Waals surface area contributed by atoms with E-state index in [1.54, 1.807) is 18.5 Å². The van der Waals surface area contributed by atoms with Gasteiger partial charge < -0.3 is 10.1 Å². The van der Waals surface area contributed by atoms with Gasteiger partial charge in [-0.05, 0) is 24.3 Å². The highest BCUT2D eigenvalue weighted by Gasteiger charge is 2.04. The van der Waals surface area contributed by atoms with E-state index in [2.05, 4.69) is 25.3 Å². The number of fused-ring (bicyclic) bond motifs is 1. The summed E-state index contributed by atoms with van der Waals surface area (Å²) in [6, 6.07) is 13.4. The lowest BCUT2D eigenvalue weighted by Crippen LogP contribution is -2.11. The van der Waals surface area contributed by atoms with E-state index < -0.39 is 6.09 Å². The molecule has 0 atom stereocenters. The van der Waals surface area contributed by atoms with E-state index in [1.165, 1.54) is 7.11 Å². The van der Waals surface area contributed by atoms with Crippen molar-refractivity contribution in [2.45, 2.75) is 0 Å². The van der Waals surface area contributed by atoms with E-state index >= 15 is 0 Å². The highest BCUT2D eigenvalue weighted by Crippen LogP contribution is 2.24. The second kappa shape index (κ2) is 6.09. The van der Waals surface area contributed by atoms with Crippen LogP contribution in [0.4, 0.5) is 22.0 Å². The predicted octanol–water partition coefficient (Wildman–Crippen LogP) is 3.55. The van der Waals surface area contributed by atoms with Crippen LogP contribution in [-0.2, 0) is 4.74 Å². The summed E-state index contributed by atoms with van der Waals surface area (Å²) >= 11 is 0. The van der Waals surface area contributed by atoms with E-state index in [1.807, 2.05) is 36.4 Å². The maximum atomic E-state index is 11.1. The third-order valence-corrected chi connectivity index (χ3v) is 3.09. The molecule has 6 heteroatoms. The van der Waals surface area contributed by atoms with Crippen molar-refractivity contribution >= 4 is 34.2 Å². The molecular weight excluding hydrogens is 280 g/mol. The number of hydrogen-bond acceptors (Lipinski definition) is 5. The topological polar surface area (TPSA) is 76.1 Å². The molecular formula is C16H14N4O2. The first kappa shape index (κ1) is 13.8. The van der Waals surface area contributed by atoms with Crippen LogP contribution >= 0.6 is 0 Å². The highest BCUT2D eigenvalue weighted by atomic mass is 16.5. The van der Waals surface area contributed by atoms with E-state index in [0.717, 1.165) is 22.3 Å². The molecule has 110 valence electrons. The fourth-order valence-electron chi connectivity index (χ4n) is 2.06. The molecule has 1 aromatic carbocycles. The molecule has 0 saturated heterocycles. The average Bonchev–Trinajstić information content (AvgIpc) is 2.57. The number of hydrogen-bond donors (Lipinski definition) is 2. The molecule has 3 aromatic rings. The fraction of sp³-hybridized carbons (Fsp3) is 0.0625. The highest BCUT2D eigenvalue weighted by molar-refractivity contribution is 5.92. The minimum absolute atomic E-state index is 0.424. The number of rotatable bonds is 3. The lowest BCUT2D eigenvalue weighted by Gasteiger charge is -2.09. The summed E-state index contributed by atoms with van der Waals surface area (Å²) in [4.78, 5) is 19.6. The van der Waals surface area contributed by atoms with Crippen LogP contribution in [0.1, 0.15) is 0 Å². The van der Waals surface area contributed by atoms with Crippen LogP contribution in [0.25, 0.3) is 10.9 Å². The molecule has 0 aliphatic heterocycles. The van der Waals surface area contributed by atoms with Gasteiger partial charge in [0.05, 0.1) is 30.2 Å². The molecule has 0 fully saturated rings. The van der Waals surface area contributed by atoms with Crippen LogP contribution in [0.5, 0.6) is 0 Å². The molecule has 6 nitrogen and oxygen atoms in total. The first-order valence-electron chi connectivity index (χ1n) is 6.68. The second-order valence-electron chi connectivity index (χ2n) is 4.55. The molecule has 0 saturated carbocycles. The van der Waals surface area contributed by atoms with E-state index in [0.29, 0.717) is 5.82 Å². The third-order valence-electron chi connectivity index (χ3n) is 3.09. The van der Waals surface area contributed by atoms with Gasteiger partial charge in [0.2, 0.25) is 0 Å². The summed E-state index contributed by atoms with van der Waals surface area (Å²) < 4.78 is 4.51. The SMILES string of the molecule is COC(=O)Nc1ccc(Nc2cccc3cccnc23)cn1. The van der Waals surface area contributed by atoms with Crippen molar-refractivity contribution in [2.75, 3.05) is 17.7 Å². The second-order valence-corrected chi connectivity index (χ2v) is 4.55. The van der Waals surface area contributed by atoms with Gasteiger partial charge in [0.25, 0.3) is 0 Å². The summed E-state index contributed by atoms with van der Waals surface area (Å²) in [6.07, 6.45) is 2.84. The van der Waals surface area contributed by atoms with Crippen LogP contribution in [-0.4, -0.2) is 23.2 Å². The van der Waals surface area contributed by atoms with E-state index in [-0.39, 0.29) is 0 Å². The number of benzene rings is 1. The van der Waals surface area contributed by atoms with Crippen LogP contribution in [0.15, 0.2) is 54.9 Å². The quantitative estimate of drug-likeness (QED) is 0.772. The Morgan fingerprint density at radius 3 is 2.73 bits per heavy atom. The number of amides is 1. The zero-order chi connectivity index (χ0) is 15.4. The largest absolute Gasteiger partial charge is 0.453 e. The van der Waals surface area contributed by atoms with Crippen molar-refractivity contribution in [2.24, 2.45) is 0 Å². The third kappa shape index (κ3) is 2.95. The Bertz CT molecular complexity index is 797. The maximum absolute atomic E-state index is 11.1. The number of pyridine rings is 2. The molecule has 3 rings (SSSR count). The molecule has 0 aliphatic carbocycles. The molecule has 2 N–H and O–H groups in total. The normalized spacial score (nSPS) is 10.2. The molecule has 0 aliphatic rings. The van der Waals surface area contributed by atoms with Gasteiger partial charge in [-0.2, -0.15) is 0 Å². The van der Waals surface area contributed by atoms with Crippen molar-refractivity contribution in [3.05, 3.63) is 54.9 Å². The number of aromatic nitrogens is 2. The Balaban J connectivity index is 1.82. The minimum Gasteiger partial charge on any atom is -0.453 e. The summed E-state index contributed by atoms with van der Waals surface area (Å²) in [5.74, 6) is 0.424. The summed E-state index contributed by atoms with van der Waals surface area (Å²) in [5, 5.41) is 6.83. The molecule has 0 unspecified atom stereocenters. The van der Waals surface area contributed by atoms with Crippen LogP contribution in [0.3, 0.4) is 0 Å². The van der Waals surface area contributed by atoms with Crippen LogP contribution in [0, 0.1) is 0 Å². The van der Waals surface area contributed by atoms with Gasteiger partial charge in [0.15, 0.2) is 0 Å². The van der Waals surface area contributed by atoms with Gasteiger partial charge in [-0.1, -0.05) is 18.2 Å². The molecule has 2 aromatic heterocycles. The zero-order valence-corrected chi connectivity index (χ0v) is 11.9. The standard InChI is InChI=1S/C16H14N4O2/c1-22-16(21)20-14-8-7-12(10-18-14)19-13-6-2-4-11-5-3-9-17-15(11)13/h2-10,19H,1H3,(H,18,20,21). The Labute approximate surface area is 127 Å². The molecule has 0 bridgehead atoms. The lowest BCUT2D eigenvalue weighted by molar-refractivity contribution is 0.187. The monoisotopic (exact) mass is 294 g/mol. The van der Waals surface area contributed by atoms with Gasteiger partial charge in [-0.3, -0.25) is 10.3 Å². The van der Waals surface area contributed by atoms with Crippen molar-refractivity contribution < 1.29 is 9.53 Å². The van der Waals surface area contributed by atoms with Crippen molar-refractivity contribution in [3.8, 4) is 0 Å². The molecule has 0 radical (unpaired) electrons. The summed E-state index contributed by atoms with van der Waals surface area (Å²) in [6.45, 7) is 0. The molecule has 1 amide bonds. The van der Waals surface area contributed by atoms with Crippen molar-refractivity contribution in [3.63, 3.8) is 0 Å². The van der Waals surface area contributed by atoms with Gasteiger partial charge in [0, 0.05) is 11.6 Å². The summed E-state index contributed by atoms with van der Waals surface area (Å²) in [5.41, 5.74) is 2.59. The first-order chi connectivity index (χ1) is 10.8. The number of carbonyl (C=O) groups excluding carboxylic acids is 1. The number of para-hydroxylation sites is 1. The zero-order valence-electron chi connectivity index (χ0n) is 11.9. The smallest absolute Gasteiger partial charge is 0.412 e. The predicted molar refractivity (Wildman–Crippen MR) is 85.3 cm³/mol. The van der Waals surface area contributed by atoms with Crippen molar-refractivity contribution in [1.29, 1.82) is 0 Å². The van der Waals surface area contributed by atoms with E-state index in [4.69, 9.17) is 0 Å². The van der Waals surface area contributed by atoms with Gasteiger partial charge >= 0.3 is 6.09 Å². The number of ether oxygens (including phenoxy) is 1. The van der Waals surface area contributed by atoms with E-state index in [9.17, 15) is 4.79 Å². The average molecular weight is 294 g/mol. The van der Waals surface area contributed by atoms with Gasteiger partial charge in [-0.25, -0.2) is 9.78 Å². The number of nitrogens with one attached hydrogen (secondary N) is 2. The maximum Gasteiger partial charge on any atom is 0.412 e. The van der Waals surface area contributed by atoms with Crippen LogP contribution in [0.2, 0.25) is 0 Å². The number of carbonyl (C=O) groups is 1. The fourth-order valence-corrected chi connectivity index (χ4v) is 2.06. The Hall–Kier alpha value is -3.15. The number of methoxy groups -OCH3 is 1. The Morgan fingerprint density at radius 1 is 1.09 bits per heavy atom. The number of anilines is 3. The van der Waals surface area contributed by atoms with Gasteiger partial charge in [-0.15, -0.1) is 0 Å². The van der Waals surface area contributed by atoms with Crippen molar-refractivity contribution in [1.82, 2.24) is 9.97 Å². The molecule has 22 heavy (non-hydrogen) atoms. The summed E-state index contributed by atoms with van der Waals surface area (Å²) in [7, 11) is 1.30. The Kier molecular flexibility index (Phi) is 3.82.